The minimum Gasteiger partial charge on any atom is -0.312 e. The van der Waals surface area contributed by atoms with Crippen LogP contribution in [0.25, 0.3) is 0 Å². The summed E-state index contributed by atoms with van der Waals surface area (Å²) in [6, 6.07) is 0.333. The van der Waals surface area contributed by atoms with Crippen LogP contribution < -0.4 is 5.32 Å². The number of sulfone groups is 1. The van der Waals surface area contributed by atoms with Crippen molar-refractivity contribution in [1.29, 1.82) is 0 Å². The minimum atomic E-state index is -2.86. The van der Waals surface area contributed by atoms with Crippen LogP contribution in [0.2, 0.25) is 0 Å². The van der Waals surface area contributed by atoms with E-state index in [2.05, 4.69) is 44.8 Å². The average Bonchev–Trinajstić information content (AvgIpc) is 2.37. The molecule has 1 N–H and O–H groups in total. The first kappa shape index (κ1) is 19.9. The molecule has 0 aromatic rings. The molecule has 0 saturated carbocycles. The van der Waals surface area contributed by atoms with Crippen molar-refractivity contribution < 1.29 is 8.42 Å². The first-order chi connectivity index (χ1) is 9.25. The van der Waals surface area contributed by atoms with E-state index < -0.39 is 9.84 Å². The van der Waals surface area contributed by atoms with Crippen LogP contribution in [0.3, 0.4) is 0 Å². The van der Waals surface area contributed by atoms with Crippen LogP contribution in [0.15, 0.2) is 0 Å². The number of nitrogens with one attached hydrogen (secondary N) is 1. The summed E-state index contributed by atoms with van der Waals surface area (Å²) >= 11 is 0. The molecule has 0 saturated heterocycles. The fourth-order valence-electron chi connectivity index (χ4n) is 3.07. The van der Waals surface area contributed by atoms with E-state index in [-0.39, 0.29) is 11.3 Å². The standard InChI is InChI=1S/C15H34N2O2S/c1-7-15(5,17(9-3)10-4)14(16-8-2)12-11-13-20(6,18)19/h14,16H,7-13H2,1-6H3. The first-order valence-corrected chi connectivity index (χ1v) is 9.97. The van der Waals surface area contributed by atoms with Gasteiger partial charge in [-0.3, -0.25) is 4.90 Å². The molecule has 2 unspecified atom stereocenters. The van der Waals surface area contributed by atoms with Crippen LogP contribution in [0, 0.1) is 0 Å². The Morgan fingerprint density at radius 2 is 1.70 bits per heavy atom. The molecule has 0 aliphatic heterocycles. The number of nitrogens with zero attached hydrogens (tertiary/aromatic N) is 1. The molecule has 0 spiro atoms. The Bertz CT molecular complexity index is 353. The summed E-state index contributed by atoms with van der Waals surface area (Å²) in [6.07, 6.45) is 4.01. The van der Waals surface area contributed by atoms with E-state index in [9.17, 15) is 8.42 Å². The number of hydrogen-bond acceptors (Lipinski definition) is 4. The Kier molecular flexibility index (Phi) is 8.95. The van der Waals surface area contributed by atoms with E-state index in [1.54, 1.807) is 0 Å². The van der Waals surface area contributed by atoms with E-state index >= 15 is 0 Å². The summed E-state index contributed by atoms with van der Waals surface area (Å²) in [4.78, 5) is 2.49. The van der Waals surface area contributed by atoms with Gasteiger partial charge in [0.2, 0.25) is 0 Å². The van der Waals surface area contributed by atoms with Crippen molar-refractivity contribution >= 4 is 9.84 Å². The van der Waals surface area contributed by atoms with Crippen molar-refractivity contribution in [1.82, 2.24) is 10.2 Å². The van der Waals surface area contributed by atoms with Crippen LogP contribution in [-0.2, 0) is 9.84 Å². The summed E-state index contributed by atoms with van der Waals surface area (Å²) < 4.78 is 22.6. The van der Waals surface area contributed by atoms with Gasteiger partial charge in [0.25, 0.3) is 0 Å². The quantitative estimate of drug-likeness (QED) is 0.636. The van der Waals surface area contributed by atoms with E-state index in [4.69, 9.17) is 0 Å². The molecule has 0 bridgehead atoms. The molecule has 0 radical (unpaired) electrons. The highest BCUT2D eigenvalue weighted by Gasteiger charge is 2.36. The summed E-state index contributed by atoms with van der Waals surface area (Å²) in [5.41, 5.74) is 0.0804. The minimum absolute atomic E-state index is 0.0804. The van der Waals surface area contributed by atoms with E-state index in [0.717, 1.165) is 38.9 Å². The van der Waals surface area contributed by atoms with Gasteiger partial charge in [-0.15, -0.1) is 0 Å². The summed E-state index contributed by atoms with van der Waals surface area (Å²) in [5.74, 6) is 0.285. The number of rotatable bonds is 11. The lowest BCUT2D eigenvalue weighted by atomic mass is 9.84. The molecule has 0 amide bonds. The third-order valence-electron chi connectivity index (χ3n) is 4.41. The lowest BCUT2D eigenvalue weighted by Gasteiger charge is -2.46. The fraction of sp³-hybridized carbons (Fsp3) is 1.00. The monoisotopic (exact) mass is 306 g/mol. The highest BCUT2D eigenvalue weighted by atomic mass is 32.2. The van der Waals surface area contributed by atoms with Crippen LogP contribution >= 0.6 is 0 Å². The van der Waals surface area contributed by atoms with E-state index in [0.29, 0.717) is 6.04 Å². The van der Waals surface area contributed by atoms with Gasteiger partial charge in [0.1, 0.15) is 9.84 Å². The number of likely N-dealkylation sites (N-methyl/N-ethyl adjacent to an activating group) is 2. The molecule has 0 aliphatic carbocycles. The Morgan fingerprint density at radius 3 is 2.05 bits per heavy atom. The van der Waals surface area contributed by atoms with Gasteiger partial charge in [-0.2, -0.15) is 0 Å². The maximum atomic E-state index is 11.3. The molecule has 20 heavy (non-hydrogen) atoms. The maximum Gasteiger partial charge on any atom is 0.147 e. The fourth-order valence-corrected chi connectivity index (χ4v) is 3.76. The molecule has 0 aliphatic rings. The van der Waals surface area contributed by atoms with Gasteiger partial charge in [0, 0.05) is 23.6 Å². The van der Waals surface area contributed by atoms with Crippen LogP contribution in [0.5, 0.6) is 0 Å². The maximum absolute atomic E-state index is 11.3. The third-order valence-corrected chi connectivity index (χ3v) is 5.44. The lowest BCUT2D eigenvalue weighted by molar-refractivity contribution is 0.0671. The van der Waals surface area contributed by atoms with Gasteiger partial charge in [0.15, 0.2) is 0 Å². The predicted molar refractivity (Wildman–Crippen MR) is 88.0 cm³/mol. The lowest BCUT2D eigenvalue weighted by Crippen LogP contribution is -2.59. The number of hydrogen-bond donors (Lipinski definition) is 1. The van der Waals surface area contributed by atoms with E-state index in [1.807, 2.05) is 0 Å². The van der Waals surface area contributed by atoms with Crippen LogP contribution in [-0.4, -0.2) is 56.5 Å². The molecule has 4 nitrogen and oxygen atoms in total. The highest BCUT2D eigenvalue weighted by molar-refractivity contribution is 7.90. The van der Waals surface area contributed by atoms with Crippen molar-refractivity contribution in [2.45, 2.75) is 65.5 Å². The van der Waals surface area contributed by atoms with Crippen molar-refractivity contribution in [2.75, 3.05) is 31.6 Å². The second kappa shape index (κ2) is 9.00. The molecule has 0 rings (SSSR count). The Morgan fingerprint density at radius 1 is 1.15 bits per heavy atom. The SMILES string of the molecule is CCNC(CCCS(C)(=O)=O)C(C)(CC)N(CC)CC. The van der Waals surface area contributed by atoms with Gasteiger partial charge >= 0.3 is 0 Å². The molecular weight excluding hydrogens is 272 g/mol. The highest BCUT2D eigenvalue weighted by Crippen LogP contribution is 2.26. The zero-order chi connectivity index (χ0) is 15.8. The van der Waals surface area contributed by atoms with Crippen molar-refractivity contribution in [3.05, 3.63) is 0 Å². The molecule has 0 aromatic heterocycles. The zero-order valence-corrected chi connectivity index (χ0v) is 15.0. The smallest absolute Gasteiger partial charge is 0.147 e. The van der Waals surface area contributed by atoms with Gasteiger partial charge < -0.3 is 5.32 Å². The van der Waals surface area contributed by atoms with Crippen molar-refractivity contribution in [3.8, 4) is 0 Å². The van der Waals surface area contributed by atoms with Crippen LogP contribution in [0.4, 0.5) is 0 Å². The second-order valence-electron chi connectivity index (χ2n) is 5.77. The normalized spacial score (nSPS) is 17.1. The molecule has 122 valence electrons. The summed E-state index contributed by atoms with van der Waals surface area (Å²) in [7, 11) is -2.86. The topological polar surface area (TPSA) is 49.4 Å². The van der Waals surface area contributed by atoms with E-state index in [1.165, 1.54) is 6.26 Å². The predicted octanol–water partition coefficient (Wildman–Crippen LogP) is 2.30. The van der Waals surface area contributed by atoms with Gasteiger partial charge in [-0.05, 0) is 45.8 Å². The molecule has 0 fully saturated rings. The Hall–Kier alpha value is -0.130. The van der Waals surface area contributed by atoms with Crippen molar-refractivity contribution in [3.63, 3.8) is 0 Å². The molecule has 0 aromatic carbocycles. The van der Waals surface area contributed by atoms with Crippen molar-refractivity contribution in [2.24, 2.45) is 0 Å². The molecule has 0 heterocycles. The van der Waals surface area contributed by atoms with Gasteiger partial charge in [-0.25, -0.2) is 8.42 Å². The molecule has 5 heteroatoms. The van der Waals surface area contributed by atoms with Gasteiger partial charge in [-0.1, -0.05) is 27.7 Å². The largest absolute Gasteiger partial charge is 0.312 e. The van der Waals surface area contributed by atoms with Crippen LogP contribution in [0.1, 0.15) is 53.9 Å². The Labute approximate surface area is 126 Å². The van der Waals surface area contributed by atoms with Gasteiger partial charge in [0.05, 0.1) is 0 Å². The average molecular weight is 307 g/mol. The first-order valence-electron chi connectivity index (χ1n) is 7.91. The summed E-state index contributed by atoms with van der Waals surface area (Å²) in [5, 5.41) is 3.57. The third kappa shape index (κ3) is 6.10. The second-order valence-corrected chi connectivity index (χ2v) is 8.03. The zero-order valence-electron chi connectivity index (χ0n) is 14.2. The summed E-state index contributed by atoms with van der Waals surface area (Å²) in [6.45, 7) is 14.0. The Balaban J connectivity index is 4.91. The molecular formula is C15H34N2O2S. The molecule has 2 atom stereocenters.